The summed E-state index contributed by atoms with van der Waals surface area (Å²) in [5.74, 6) is -1.43. The molecule has 1 aromatic rings. The van der Waals surface area contributed by atoms with E-state index in [2.05, 4.69) is 5.32 Å². The minimum absolute atomic E-state index is 0.0561. The molecule has 0 unspecified atom stereocenters. The fourth-order valence-electron chi connectivity index (χ4n) is 3.96. The van der Waals surface area contributed by atoms with E-state index >= 15 is 0 Å². The number of ether oxygens (including phenoxy) is 1. The first-order chi connectivity index (χ1) is 13.3. The summed E-state index contributed by atoms with van der Waals surface area (Å²) in [5.41, 5.74) is 0.828. The number of esters is 1. The molecule has 7 heteroatoms. The van der Waals surface area contributed by atoms with Gasteiger partial charge in [-0.1, -0.05) is 26.7 Å². The maximum absolute atomic E-state index is 12.8. The van der Waals surface area contributed by atoms with E-state index in [1.165, 1.54) is 30.2 Å². The van der Waals surface area contributed by atoms with Crippen LogP contribution in [0.4, 0.5) is 0 Å². The van der Waals surface area contributed by atoms with Gasteiger partial charge in [-0.15, -0.1) is 0 Å². The second-order valence-corrected chi connectivity index (χ2v) is 7.86. The SMILES string of the molecule is COC(=O)[C@@H](CC(C)C)NC(=O)c1ccc2c(c1)C(=O)N(C1CCCC1)C2=O. The number of hydrogen-bond acceptors (Lipinski definition) is 5. The van der Waals surface area contributed by atoms with Crippen molar-refractivity contribution in [1.82, 2.24) is 10.2 Å². The normalized spacial score (nSPS) is 17.8. The molecule has 7 nitrogen and oxygen atoms in total. The second-order valence-electron chi connectivity index (χ2n) is 7.86. The van der Waals surface area contributed by atoms with Gasteiger partial charge in [-0.3, -0.25) is 19.3 Å². The molecule has 0 aromatic heterocycles. The molecule has 1 fully saturated rings. The molecule has 0 radical (unpaired) electrons. The third-order valence-electron chi connectivity index (χ3n) is 5.37. The topological polar surface area (TPSA) is 92.8 Å². The van der Waals surface area contributed by atoms with Crippen LogP contribution in [0.1, 0.15) is 77.0 Å². The minimum Gasteiger partial charge on any atom is -0.467 e. The Morgan fingerprint density at radius 2 is 1.79 bits per heavy atom. The maximum Gasteiger partial charge on any atom is 0.328 e. The number of benzene rings is 1. The first-order valence-electron chi connectivity index (χ1n) is 9.74. The first kappa shape index (κ1) is 20.0. The number of imide groups is 1. The average molecular weight is 386 g/mol. The van der Waals surface area contributed by atoms with E-state index in [1.54, 1.807) is 0 Å². The third kappa shape index (κ3) is 3.79. The standard InChI is InChI=1S/C21H26N2O5/c1-12(2)10-17(21(27)28-3)22-18(24)13-8-9-15-16(11-13)20(26)23(19(15)25)14-6-4-5-7-14/h8-9,11-12,14,17H,4-7,10H2,1-3H3,(H,22,24)/t17-/m1/s1. The highest BCUT2D eigenvalue weighted by atomic mass is 16.5. The summed E-state index contributed by atoms with van der Waals surface area (Å²) in [6, 6.07) is 3.66. The number of methoxy groups -OCH3 is 1. The molecule has 3 amide bonds. The summed E-state index contributed by atoms with van der Waals surface area (Å²) < 4.78 is 4.77. The number of carbonyl (C=O) groups is 4. The third-order valence-corrected chi connectivity index (χ3v) is 5.37. The zero-order chi connectivity index (χ0) is 20.4. The molecule has 1 aliphatic heterocycles. The van der Waals surface area contributed by atoms with Crippen molar-refractivity contribution in [3.8, 4) is 0 Å². The highest BCUT2D eigenvalue weighted by Crippen LogP contribution is 2.32. The largest absolute Gasteiger partial charge is 0.467 e. The van der Waals surface area contributed by atoms with Crippen LogP contribution in [0.5, 0.6) is 0 Å². The molecule has 1 aliphatic carbocycles. The molecule has 1 atom stereocenters. The van der Waals surface area contributed by atoms with E-state index in [9.17, 15) is 19.2 Å². The number of rotatable bonds is 6. The van der Waals surface area contributed by atoms with Crippen molar-refractivity contribution in [1.29, 1.82) is 0 Å². The summed E-state index contributed by atoms with van der Waals surface area (Å²) in [6.07, 6.45) is 4.12. The van der Waals surface area contributed by atoms with E-state index in [-0.39, 0.29) is 34.9 Å². The molecule has 0 saturated heterocycles. The van der Waals surface area contributed by atoms with Gasteiger partial charge in [0.2, 0.25) is 0 Å². The van der Waals surface area contributed by atoms with Crippen LogP contribution in [0.15, 0.2) is 18.2 Å². The first-order valence-corrected chi connectivity index (χ1v) is 9.74. The lowest BCUT2D eigenvalue weighted by Gasteiger charge is -2.21. The molecule has 150 valence electrons. The Kier molecular flexibility index (Phi) is 5.82. The molecule has 1 N–H and O–H groups in total. The van der Waals surface area contributed by atoms with Gasteiger partial charge in [0, 0.05) is 11.6 Å². The summed E-state index contributed by atoms with van der Waals surface area (Å²) in [7, 11) is 1.28. The van der Waals surface area contributed by atoms with Crippen molar-refractivity contribution >= 4 is 23.7 Å². The van der Waals surface area contributed by atoms with Crippen LogP contribution >= 0.6 is 0 Å². The Hall–Kier alpha value is -2.70. The second kappa shape index (κ2) is 8.12. The molecule has 0 spiro atoms. The summed E-state index contributed by atoms with van der Waals surface area (Å²) in [6.45, 7) is 3.89. The van der Waals surface area contributed by atoms with Crippen LogP contribution in [-0.2, 0) is 9.53 Å². The van der Waals surface area contributed by atoms with Crippen molar-refractivity contribution in [3.05, 3.63) is 34.9 Å². The van der Waals surface area contributed by atoms with Crippen LogP contribution in [-0.4, -0.2) is 47.8 Å². The Morgan fingerprint density at radius 1 is 1.14 bits per heavy atom. The summed E-state index contributed by atoms with van der Waals surface area (Å²) in [4.78, 5) is 51.4. The van der Waals surface area contributed by atoms with E-state index in [1.807, 2.05) is 13.8 Å². The van der Waals surface area contributed by atoms with Crippen molar-refractivity contribution in [2.75, 3.05) is 7.11 Å². The van der Waals surface area contributed by atoms with Gasteiger partial charge in [-0.2, -0.15) is 0 Å². The zero-order valence-corrected chi connectivity index (χ0v) is 16.5. The average Bonchev–Trinajstić information content (AvgIpc) is 3.27. The number of hydrogen-bond donors (Lipinski definition) is 1. The summed E-state index contributed by atoms with van der Waals surface area (Å²) in [5, 5.41) is 2.68. The fraction of sp³-hybridized carbons (Fsp3) is 0.524. The molecule has 28 heavy (non-hydrogen) atoms. The Labute approximate surface area is 164 Å². The van der Waals surface area contributed by atoms with Gasteiger partial charge in [0.25, 0.3) is 17.7 Å². The number of nitrogens with zero attached hydrogens (tertiary/aromatic N) is 1. The molecular weight excluding hydrogens is 360 g/mol. The van der Waals surface area contributed by atoms with Gasteiger partial charge >= 0.3 is 5.97 Å². The Bertz CT molecular complexity index is 811. The molecule has 1 heterocycles. The number of amides is 3. The fourth-order valence-corrected chi connectivity index (χ4v) is 3.96. The van der Waals surface area contributed by atoms with Crippen molar-refractivity contribution in [2.24, 2.45) is 5.92 Å². The number of fused-ring (bicyclic) bond motifs is 1. The van der Waals surface area contributed by atoms with Crippen molar-refractivity contribution in [3.63, 3.8) is 0 Å². The zero-order valence-electron chi connectivity index (χ0n) is 16.5. The van der Waals surface area contributed by atoms with E-state index in [4.69, 9.17) is 4.74 Å². The predicted molar refractivity (Wildman–Crippen MR) is 102 cm³/mol. The lowest BCUT2D eigenvalue weighted by atomic mass is 10.0. The predicted octanol–water partition coefficient (Wildman–Crippen LogP) is 2.54. The maximum atomic E-state index is 12.8. The van der Waals surface area contributed by atoms with Crippen LogP contribution in [0.3, 0.4) is 0 Å². The van der Waals surface area contributed by atoms with E-state index in [0.717, 1.165) is 25.7 Å². The number of nitrogens with one attached hydrogen (secondary N) is 1. The van der Waals surface area contributed by atoms with E-state index in [0.29, 0.717) is 12.0 Å². The van der Waals surface area contributed by atoms with Gasteiger partial charge in [0.15, 0.2) is 0 Å². The van der Waals surface area contributed by atoms with Gasteiger partial charge < -0.3 is 10.1 Å². The Morgan fingerprint density at radius 3 is 2.39 bits per heavy atom. The van der Waals surface area contributed by atoms with Crippen molar-refractivity contribution < 1.29 is 23.9 Å². The molecule has 1 saturated carbocycles. The summed E-state index contributed by atoms with van der Waals surface area (Å²) >= 11 is 0. The minimum atomic E-state index is -0.766. The highest BCUT2D eigenvalue weighted by molar-refractivity contribution is 6.22. The highest BCUT2D eigenvalue weighted by Gasteiger charge is 2.41. The van der Waals surface area contributed by atoms with Crippen LogP contribution in [0.25, 0.3) is 0 Å². The molecular formula is C21H26N2O5. The lowest BCUT2D eigenvalue weighted by Crippen LogP contribution is -2.42. The van der Waals surface area contributed by atoms with Gasteiger partial charge in [-0.05, 0) is 43.4 Å². The van der Waals surface area contributed by atoms with Crippen LogP contribution < -0.4 is 5.32 Å². The van der Waals surface area contributed by atoms with Gasteiger partial charge in [0.05, 0.1) is 18.2 Å². The smallest absolute Gasteiger partial charge is 0.328 e. The van der Waals surface area contributed by atoms with Crippen molar-refractivity contribution in [2.45, 2.75) is 58.0 Å². The Balaban J connectivity index is 1.80. The van der Waals surface area contributed by atoms with E-state index < -0.39 is 17.9 Å². The molecule has 3 rings (SSSR count). The monoisotopic (exact) mass is 386 g/mol. The van der Waals surface area contributed by atoms with Crippen LogP contribution in [0.2, 0.25) is 0 Å². The van der Waals surface area contributed by atoms with Gasteiger partial charge in [-0.25, -0.2) is 4.79 Å². The van der Waals surface area contributed by atoms with Gasteiger partial charge in [0.1, 0.15) is 6.04 Å². The number of carbonyl (C=O) groups excluding carboxylic acids is 4. The molecule has 0 bridgehead atoms. The quantitative estimate of drug-likeness (QED) is 0.599. The lowest BCUT2D eigenvalue weighted by molar-refractivity contribution is -0.143. The molecule has 1 aromatic carbocycles. The van der Waals surface area contributed by atoms with Crippen LogP contribution in [0, 0.1) is 5.92 Å². The molecule has 2 aliphatic rings.